The number of aryl methyl sites for hydroxylation is 1. The normalized spacial score (nSPS) is 12.2. The molecular weight excluding hydrogens is 347 g/mol. The van der Waals surface area contributed by atoms with Crippen molar-refractivity contribution in [2.75, 3.05) is 0 Å². The maximum Gasteiger partial charge on any atom is 0.289 e. The zero-order valence-corrected chi connectivity index (χ0v) is 14.1. The molecule has 0 saturated heterocycles. The van der Waals surface area contributed by atoms with Crippen LogP contribution in [0.5, 0.6) is 0 Å². The van der Waals surface area contributed by atoms with Crippen molar-refractivity contribution >= 4 is 62.0 Å². The summed E-state index contributed by atoms with van der Waals surface area (Å²) in [7, 11) is 0. The minimum absolute atomic E-state index is 0.272. The zero-order chi connectivity index (χ0) is 15.0. The predicted octanol–water partition coefficient (Wildman–Crippen LogP) is 4.83. The average Bonchev–Trinajstić information content (AvgIpc) is 3.01. The molecule has 0 aliphatic heterocycles. The molecule has 0 atom stereocenters. The van der Waals surface area contributed by atoms with Crippen molar-refractivity contribution in [3.8, 4) is 0 Å². The number of thiophene rings is 1. The Morgan fingerprint density at radius 3 is 2.71 bits per heavy atom. The van der Waals surface area contributed by atoms with Crippen LogP contribution in [0.1, 0.15) is 16.6 Å². The fourth-order valence-corrected chi connectivity index (χ4v) is 4.31. The van der Waals surface area contributed by atoms with Crippen LogP contribution < -0.4 is 4.80 Å². The van der Waals surface area contributed by atoms with Crippen LogP contribution in [-0.2, 0) is 6.54 Å². The molecule has 108 valence electrons. The van der Waals surface area contributed by atoms with E-state index in [-0.39, 0.29) is 5.91 Å². The summed E-state index contributed by atoms with van der Waals surface area (Å²) in [4.78, 5) is 17.6. The molecule has 2 heterocycles. The molecule has 3 rings (SSSR count). The first kappa shape index (κ1) is 14.8. The van der Waals surface area contributed by atoms with Crippen LogP contribution in [0.15, 0.2) is 35.3 Å². The maximum absolute atomic E-state index is 12.2. The van der Waals surface area contributed by atoms with Crippen molar-refractivity contribution in [3.63, 3.8) is 0 Å². The van der Waals surface area contributed by atoms with E-state index in [4.69, 9.17) is 23.2 Å². The second-order valence-electron chi connectivity index (χ2n) is 4.26. The van der Waals surface area contributed by atoms with Gasteiger partial charge in [0.05, 0.1) is 19.4 Å². The third-order valence-corrected chi connectivity index (χ3v) is 5.44. The lowest BCUT2D eigenvalue weighted by atomic mass is 10.3. The first-order chi connectivity index (χ1) is 10.1. The third kappa shape index (κ3) is 2.92. The van der Waals surface area contributed by atoms with Gasteiger partial charge in [-0.05, 0) is 37.3 Å². The largest absolute Gasteiger partial charge is 0.317 e. The fourth-order valence-electron chi connectivity index (χ4n) is 2.01. The van der Waals surface area contributed by atoms with Gasteiger partial charge in [0.1, 0.15) is 0 Å². The molecule has 0 radical (unpaired) electrons. The average molecular weight is 357 g/mol. The quantitative estimate of drug-likeness (QED) is 0.647. The molecule has 3 aromatic rings. The second kappa shape index (κ2) is 5.93. The first-order valence-electron chi connectivity index (χ1n) is 6.22. The van der Waals surface area contributed by atoms with E-state index >= 15 is 0 Å². The number of carbonyl (C=O) groups excluding carboxylic acids is 1. The van der Waals surface area contributed by atoms with E-state index in [1.165, 1.54) is 22.7 Å². The first-order valence-corrected chi connectivity index (χ1v) is 8.60. The van der Waals surface area contributed by atoms with E-state index < -0.39 is 0 Å². The second-order valence-corrected chi connectivity index (χ2v) is 7.42. The summed E-state index contributed by atoms with van der Waals surface area (Å²) < 4.78 is 3.60. The van der Waals surface area contributed by atoms with Gasteiger partial charge < -0.3 is 4.57 Å². The Morgan fingerprint density at radius 2 is 2.05 bits per heavy atom. The molecule has 0 aliphatic carbocycles. The molecule has 0 N–H and O–H groups in total. The molecule has 3 nitrogen and oxygen atoms in total. The van der Waals surface area contributed by atoms with E-state index in [1.54, 1.807) is 12.1 Å². The van der Waals surface area contributed by atoms with Gasteiger partial charge in [-0.25, -0.2) is 0 Å². The van der Waals surface area contributed by atoms with Crippen LogP contribution in [0.3, 0.4) is 0 Å². The lowest BCUT2D eigenvalue weighted by Gasteiger charge is -1.99. The number of nitrogens with zero attached hydrogens (tertiary/aromatic N) is 2. The summed E-state index contributed by atoms with van der Waals surface area (Å²) >= 11 is 14.6. The van der Waals surface area contributed by atoms with Crippen LogP contribution in [0.4, 0.5) is 0 Å². The predicted molar refractivity (Wildman–Crippen MR) is 89.7 cm³/mol. The molecule has 0 unspecified atom stereocenters. The lowest BCUT2D eigenvalue weighted by Crippen LogP contribution is -2.15. The van der Waals surface area contributed by atoms with Gasteiger partial charge in [-0.2, -0.15) is 4.99 Å². The van der Waals surface area contributed by atoms with Crippen LogP contribution in [0.2, 0.25) is 9.36 Å². The highest BCUT2D eigenvalue weighted by atomic mass is 35.5. The number of benzene rings is 1. The van der Waals surface area contributed by atoms with Gasteiger partial charge in [-0.3, -0.25) is 4.79 Å². The summed E-state index contributed by atoms with van der Waals surface area (Å²) in [5.41, 5.74) is 1.03. The van der Waals surface area contributed by atoms with Crippen molar-refractivity contribution in [1.82, 2.24) is 4.57 Å². The van der Waals surface area contributed by atoms with Gasteiger partial charge in [0.2, 0.25) is 0 Å². The topological polar surface area (TPSA) is 34.4 Å². The molecule has 1 aromatic carbocycles. The SMILES string of the molecule is CCn1c(=NC(=O)c2ccc(Cl)s2)sc2cc(Cl)ccc21. The van der Waals surface area contributed by atoms with Gasteiger partial charge in [0.15, 0.2) is 4.80 Å². The number of fused-ring (bicyclic) bond motifs is 1. The van der Waals surface area contributed by atoms with Crippen molar-refractivity contribution in [1.29, 1.82) is 0 Å². The molecule has 0 aliphatic rings. The van der Waals surface area contributed by atoms with Crippen molar-refractivity contribution < 1.29 is 4.79 Å². The molecule has 1 amide bonds. The molecule has 7 heteroatoms. The Balaban J connectivity index is 2.15. The number of hydrogen-bond acceptors (Lipinski definition) is 3. The number of carbonyl (C=O) groups is 1. The van der Waals surface area contributed by atoms with E-state index in [0.717, 1.165) is 16.8 Å². The molecule has 21 heavy (non-hydrogen) atoms. The molecular formula is C14H10Cl2N2OS2. The summed E-state index contributed by atoms with van der Waals surface area (Å²) in [6.45, 7) is 2.76. The number of amides is 1. The Hall–Kier alpha value is -1.14. The highest BCUT2D eigenvalue weighted by molar-refractivity contribution is 7.18. The van der Waals surface area contributed by atoms with E-state index in [0.29, 0.717) is 19.0 Å². The van der Waals surface area contributed by atoms with Gasteiger partial charge >= 0.3 is 0 Å². The van der Waals surface area contributed by atoms with E-state index in [2.05, 4.69) is 4.99 Å². The number of halogens is 2. The molecule has 0 fully saturated rings. The maximum atomic E-state index is 12.2. The number of aromatic nitrogens is 1. The number of rotatable bonds is 2. The molecule has 0 bridgehead atoms. The van der Waals surface area contributed by atoms with Crippen LogP contribution in [-0.4, -0.2) is 10.5 Å². The van der Waals surface area contributed by atoms with Gasteiger partial charge in [0, 0.05) is 11.6 Å². The van der Waals surface area contributed by atoms with Crippen LogP contribution >= 0.6 is 45.9 Å². The van der Waals surface area contributed by atoms with Gasteiger partial charge in [0.25, 0.3) is 5.91 Å². The minimum Gasteiger partial charge on any atom is -0.317 e. The smallest absolute Gasteiger partial charge is 0.289 e. The Kier molecular flexibility index (Phi) is 4.17. The summed E-state index contributed by atoms with van der Waals surface area (Å²) in [6.07, 6.45) is 0. The standard InChI is InChI=1S/C14H10Cl2N2OS2/c1-2-18-9-4-3-8(15)7-11(9)21-14(18)17-13(19)10-5-6-12(16)20-10/h3-7H,2H2,1H3. The van der Waals surface area contributed by atoms with E-state index in [9.17, 15) is 4.79 Å². The third-order valence-electron chi connectivity index (χ3n) is 2.94. The summed E-state index contributed by atoms with van der Waals surface area (Å²) in [5, 5.41) is 0.676. The monoisotopic (exact) mass is 356 g/mol. The highest BCUT2D eigenvalue weighted by Gasteiger charge is 2.10. The Labute approximate surface area is 139 Å². The van der Waals surface area contributed by atoms with Gasteiger partial charge in [-0.1, -0.05) is 34.5 Å². The summed E-state index contributed by atoms with van der Waals surface area (Å²) in [6, 6.07) is 9.07. The van der Waals surface area contributed by atoms with Crippen LogP contribution in [0.25, 0.3) is 10.2 Å². The number of thiazole rings is 1. The van der Waals surface area contributed by atoms with Gasteiger partial charge in [-0.15, -0.1) is 11.3 Å². The van der Waals surface area contributed by atoms with Crippen molar-refractivity contribution in [2.24, 2.45) is 4.99 Å². The Morgan fingerprint density at radius 1 is 1.24 bits per heavy atom. The fraction of sp³-hybridized carbons (Fsp3) is 0.143. The minimum atomic E-state index is -0.272. The molecule has 0 spiro atoms. The molecule has 2 aromatic heterocycles. The van der Waals surface area contributed by atoms with Crippen molar-refractivity contribution in [3.05, 3.63) is 49.4 Å². The lowest BCUT2D eigenvalue weighted by molar-refractivity contribution is 0.100. The van der Waals surface area contributed by atoms with Crippen LogP contribution in [0, 0.1) is 0 Å². The summed E-state index contributed by atoms with van der Waals surface area (Å²) in [5.74, 6) is -0.272. The molecule has 0 saturated carbocycles. The zero-order valence-electron chi connectivity index (χ0n) is 11.0. The number of hydrogen-bond donors (Lipinski definition) is 0. The van der Waals surface area contributed by atoms with Crippen molar-refractivity contribution in [2.45, 2.75) is 13.5 Å². The Bertz CT molecular complexity index is 892. The van der Waals surface area contributed by atoms with E-state index in [1.807, 2.05) is 29.7 Å². The highest BCUT2D eigenvalue weighted by Crippen LogP contribution is 2.23.